The van der Waals surface area contributed by atoms with Crippen molar-refractivity contribution < 1.29 is 9.59 Å². The number of hydrogen-bond donors (Lipinski definition) is 1. The van der Waals surface area contributed by atoms with Gasteiger partial charge in [-0.1, -0.05) is 18.2 Å². The normalized spacial score (nSPS) is 18.9. The SMILES string of the molecule is Cc1ccc2cccc(NC3CC(=O)N(C)C3=O)c2n1. The lowest BCUT2D eigenvalue weighted by Gasteiger charge is -2.14. The molecule has 5 heteroatoms. The fourth-order valence-corrected chi connectivity index (χ4v) is 2.42. The topological polar surface area (TPSA) is 62.3 Å². The molecule has 0 radical (unpaired) electrons. The van der Waals surface area contributed by atoms with Gasteiger partial charge in [0.1, 0.15) is 6.04 Å². The number of aryl methyl sites for hydroxylation is 1. The first-order valence-corrected chi connectivity index (χ1v) is 6.49. The number of nitrogens with one attached hydrogen (secondary N) is 1. The fourth-order valence-electron chi connectivity index (χ4n) is 2.42. The van der Waals surface area contributed by atoms with Gasteiger partial charge in [-0.05, 0) is 19.1 Å². The van der Waals surface area contributed by atoms with E-state index in [1.54, 1.807) is 0 Å². The Morgan fingerprint density at radius 1 is 1.25 bits per heavy atom. The van der Waals surface area contributed by atoms with Gasteiger partial charge in [-0.2, -0.15) is 0 Å². The summed E-state index contributed by atoms with van der Waals surface area (Å²) in [6.45, 7) is 1.92. The Bertz CT molecular complexity index is 711. The number of benzene rings is 1. The Labute approximate surface area is 116 Å². The molecular formula is C15H15N3O2. The highest BCUT2D eigenvalue weighted by molar-refractivity contribution is 6.07. The summed E-state index contributed by atoms with van der Waals surface area (Å²) < 4.78 is 0. The molecule has 0 aliphatic carbocycles. The van der Waals surface area contributed by atoms with Gasteiger partial charge in [0.05, 0.1) is 17.6 Å². The van der Waals surface area contributed by atoms with E-state index in [0.717, 1.165) is 22.3 Å². The van der Waals surface area contributed by atoms with Crippen molar-refractivity contribution in [3.8, 4) is 0 Å². The maximum atomic E-state index is 11.9. The Morgan fingerprint density at radius 3 is 2.75 bits per heavy atom. The minimum atomic E-state index is -0.500. The van der Waals surface area contributed by atoms with Crippen LogP contribution >= 0.6 is 0 Å². The quantitative estimate of drug-likeness (QED) is 0.843. The number of para-hydroxylation sites is 1. The molecule has 3 rings (SSSR count). The fraction of sp³-hybridized carbons (Fsp3) is 0.267. The minimum Gasteiger partial charge on any atom is -0.371 e. The number of likely N-dealkylation sites (N-methyl/N-ethyl adjacent to an activating group) is 1. The van der Waals surface area contributed by atoms with Gasteiger partial charge in [0, 0.05) is 18.1 Å². The first-order chi connectivity index (χ1) is 9.56. The second kappa shape index (κ2) is 4.59. The summed E-state index contributed by atoms with van der Waals surface area (Å²) >= 11 is 0. The molecule has 0 saturated carbocycles. The van der Waals surface area contributed by atoms with Crippen molar-refractivity contribution in [1.82, 2.24) is 9.88 Å². The number of nitrogens with zero attached hydrogens (tertiary/aromatic N) is 2. The van der Waals surface area contributed by atoms with Crippen LogP contribution in [0.4, 0.5) is 5.69 Å². The van der Waals surface area contributed by atoms with Gasteiger partial charge in [-0.25, -0.2) is 0 Å². The maximum absolute atomic E-state index is 11.9. The standard InChI is InChI=1S/C15H15N3O2/c1-9-6-7-10-4-3-5-11(14(10)16-9)17-12-8-13(19)18(2)15(12)20/h3-7,12,17H,8H2,1-2H3. The third-order valence-electron chi connectivity index (χ3n) is 3.57. The zero-order valence-electron chi connectivity index (χ0n) is 11.4. The number of hydrogen-bond acceptors (Lipinski definition) is 4. The van der Waals surface area contributed by atoms with E-state index in [0.29, 0.717) is 0 Å². The molecule has 1 aromatic heterocycles. The van der Waals surface area contributed by atoms with E-state index in [2.05, 4.69) is 10.3 Å². The zero-order valence-corrected chi connectivity index (χ0v) is 11.4. The third kappa shape index (κ3) is 2.01. The largest absolute Gasteiger partial charge is 0.371 e. The first-order valence-electron chi connectivity index (χ1n) is 6.49. The lowest BCUT2D eigenvalue weighted by molar-refractivity contribution is -0.136. The van der Waals surface area contributed by atoms with Gasteiger partial charge in [-0.15, -0.1) is 0 Å². The average Bonchev–Trinajstić information content (AvgIpc) is 2.67. The van der Waals surface area contributed by atoms with Crippen LogP contribution in [0, 0.1) is 6.92 Å². The van der Waals surface area contributed by atoms with Crippen LogP contribution in [0.1, 0.15) is 12.1 Å². The summed E-state index contributed by atoms with van der Waals surface area (Å²) in [6.07, 6.45) is 0.192. The number of anilines is 1. The van der Waals surface area contributed by atoms with E-state index < -0.39 is 6.04 Å². The number of fused-ring (bicyclic) bond motifs is 1. The molecule has 1 aliphatic heterocycles. The lowest BCUT2D eigenvalue weighted by atomic mass is 10.1. The molecular weight excluding hydrogens is 254 g/mol. The summed E-state index contributed by atoms with van der Waals surface area (Å²) in [5.74, 6) is -0.350. The molecule has 5 nitrogen and oxygen atoms in total. The molecule has 1 N–H and O–H groups in total. The van der Waals surface area contributed by atoms with Crippen LogP contribution in [0.3, 0.4) is 0 Å². The summed E-state index contributed by atoms with van der Waals surface area (Å²) in [7, 11) is 1.51. The monoisotopic (exact) mass is 269 g/mol. The van der Waals surface area contributed by atoms with E-state index in [9.17, 15) is 9.59 Å². The van der Waals surface area contributed by atoms with Crippen molar-refractivity contribution >= 4 is 28.4 Å². The van der Waals surface area contributed by atoms with E-state index in [4.69, 9.17) is 0 Å². The summed E-state index contributed by atoms with van der Waals surface area (Å²) in [4.78, 5) is 29.2. The summed E-state index contributed by atoms with van der Waals surface area (Å²) in [5.41, 5.74) is 2.52. The molecule has 2 heterocycles. The van der Waals surface area contributed by atoms with Crippen LogP contribution in [0.25, 0.3) is 10.9 Å². The molecule has 0 bridgehead atoms. The Hall–Kier alpha value is -2.43. The van der Waals surface area contributed by atoms with E-state index in [1.807, 2.05) is 37.3 Å². The van der Waals surface area contributed by atoms with Crippen LogP contribution in [0.15, 0.2) is 30.3 Å². The van der Waals surface area contributed by atoms with Gasteiger partial charge in [0.25, 0.3) is 5.91 Å². The summed E-state index contributed by atoms with van der Waals surface area (Å²) in [6, 6.07) is 9.21. The highest BCUT2D eigenvalue weighted by Gasteiger charge is 2.36. The zero-order chi connectivity index (χ0) is 14.3. The van der Waals surface area contributed by atoms with Crippen molar-refractivity contribution in [3.05, 3.63) is 36.0 Å². The van der Waals surface area contributed by atoms with E-state index in [1.165, 1.54) is 11.9 Å². The van der Waals surface area contributed by atoms with Gasteiger partial charge in [-0.3, -0.25) is 19.5 Å². The minimum absolute atomic E-state index is 0.156. The third-order valence-corrected chi connectivity index (χ3v) is 3.57. The van der Waals surface area contributed by atoms with Crippen molar-refractivity contribution in [2.45, 2.75) is 19.4 Å². The number of carbonyl (C=O) groups excluding carboxylic acids is 2. The van der Waals surface area contributed by atoms with Gasteiger partial charge >= 0.3 is 0 Å². The number of rotatable bonds is 2. The molecule has 102 valence electrons. The predicted octanol–water partition coefficient (Wildman–Crippen LogP) is 1.71. The van der Waals surface area contributed by atoms with Gasteiger partial charge in [0.2, 0.25) is 5.91 Å². The highest BCUT2D eigenvalue weighted by atomic mass is 16.2. The molecule has 1 fully saturated rings. The van der Waals surface area contributed by atoms with Crippen LogP contribution in [0.5, 0.6) is 0 Å². The molecule has 0 spiro atoms. The van der Waals surface area contributed by atoms with Gasteiger partial charge in [0.15, 0.2) is 0 Å². The average molecular weight is 269 g/mol. The Balaban J connectivity index is 1.97. The van der Waals surface area contributed by atoms with Crippen molar-refractivity contribution in [2.24, 2.45) is 0 Å². The maximum Gasteiger partial charge on any atom is 0.251 e. The summed E-state index contributed by atoms with van der Waals surface area (Å²) in [5, 5.41) is 4.15. The smallest absolute Gasteiger partial charge is 0.251 e. The molecule has 2 aromatic rings. The number of aromatic nitrogens is 1. The molecule has 2 amide bonds. The van der Waals surface area contributed by atoms with Crippen molar-refractivity contribution in [2.75, 3.05) is 12.4 Å². The molecule has 1 unspecified atom stereocenters. The molecule has 1 atom stereocenters. The van der Waals surface area contributed by atoms with Crippen LogP contribution in [-0.4, -0.2) is 34.8 Å². The van der Waals surface area contributed by atoms with E-state index in [-0.39, 0.29) is 18.2 Å². The van der Waals surface area contributed by atoms with Crippen LogP contribution < -0.4 is 5.32 Å². The first kappa shape index (κ1) is 12.6. The Kier molecular flexibility index (Phi) is 2.89. The van der Waals surface area contributed by atoms with Crippen molar-refractivity contribution in [3.63, 3.8) is 0 Å². The predicted molar refractivity (Wildman–Crippen MR) is 76.3 cm³/mol. The number of likely N-dealkylation sites (tertiary alicyclic amines) is 1. The molecule has 1 saturated heterocycles. The molecule has 20 heavy (non-hydrogen) atoms. The number of pyridine rings is 1. The van der Waals surface area contributed by atoms with Crippen LogP contribution in [0.2, 0.25) is 0 Å². The second-order valence-corrected chi connectivity index (χ2v) is 5.02. The molecule has 1 aliphatic rings. The highest BCUT2D eigenvalue weighted by Crippen LogP contribution is 2.24. The van der Waals surface area contributed by atoms with Crippen molar-refractivity contribution in [1.29, 1.82) is 0 Å². The number of amides is 2. The number of imide groups is 1. The second-order valence-electron chi connectivity index (χ2n) is 5.02. The lowest BCUT2D eigenvalue weighted by Crippen LogP contribution is -2.31. The molecule has 1 aromatic carbocycles. The van der Waals surface area contributed by atoms with Crippen LogP contribution in [-0.2, 0) is 9.59 Å². The number of carbonyl (C=O) groups is 2. The van der Waals surface area contributed by atoms with Gasteiger partial charge < -0.3 is 5.32 Å². The Morgan fingerprint density at radius 2 is 2.05 bits per heavy atom. The van der Waals surface area contributed by atoms with E-state index >= 15 is 0 Å².